The van der Waals surface area contributed by atoms with Gasteiger partial charge in [-0.3, -0.25) is 4.79 Å². The average Bonchev–Trinajstić information content (AvgIpc) is 2.78. The maximum absolute atomic E-state index is 12.4. The summed E-state index contributed by atoms with van der Waals surface area (Å²) in [6.07, 6.45) is 2.24. The van der Waals surface area contributed by atoms with Crippen molar-refractivity contribution in [2.45, 2.75) is 13.0 Å². The van der Waals surface area contributed by atoms with Gasteiger partial charge in [-0.15, -0.1) is 0 Å². The minimum atomic E-state index is -0.240. The second-order valence-corrected chi connectivity index (χ2v) is 6.30. The van der Waals surface area contributed by atoms with Crippen LogP contribution in [0.25, 0.3) is 0 Å². The van der Waals surface area contributed by atoms with Gasteiger partial charge < -0.3 is 20.1 Å². The molecular formula is C22H24N4O3. The second kappa shape index (κ2) is 10.1. The number of hydrogen-bond acceptors (Lipinski definition) is 6. The zero-order chi connectivity index (χ0) is 20.5. The summed E-state index contributed by atoms with van der Waals surface area (Å²) in [6, 6.07) is 17.2. The van der Waals surface area contributed by atoms with E-state index < -0.39 is 0 Å². The van der Waals surface area contributed by atoms with Crippen LogP contribution in [0.15, 0.2) is 60.8 Å². The molecule has 150 valence electrons. The molecule has 1 heterocycles. The summed E-state index contributed by atoms with van der Waals surface area (Å²) >= 11 is 0. The molecule has 3 aromatic rings. The van der Waals surface area contributed by atoms with Gasteiger partial charge in [0.1, 0.15) is 5.69 Å². The highest BCUT2D eigenvalue weighted by atomic mass is 16.5. The standard InChI is InChI=1S/C22H24N4O3/c1-28-19-9-8-16(14-20(19)29-2)10-12-23-21(27)18-11-13-24-22(26-18)25-15-17-6-4-3-5-7-17/h3-9,11,13-14H,10,12,15H2,1-2H3,(H,23,27)(H,24,25,26). The Labute approximate surface area is 170 Å². The van der Waals surface area contributed by atoms with Crippen LogP contribution < -0.4 is 20.1 Å². The zero-order valence-electron chi connectivity index (χ0n) is 16.5. The number of benzene rings is 2. The normalized spacial score (nSPS) is 10.3. The molecule has 0 atom stereocenters. The van der Waals surface area contributed by atoms with Crippen molar-refractivity contribution in [2.75, 3.05) is 26.1 Å². The number of methoxy groups -OCH3 is 2. The van der Waals surface area contributed by atoms with Crippen molar-refractivity contribution < 1.29 is 14.3 Å². The highest BCUT2D eigenvalue weighted by Gasteiger charge is 2.09. The fourth-order valence-corrected chi connectivity index (χ4v) is 2.79. The first-order chi connectivity index (χ1) is 14.2. The molecule has 3 rings (SSSR count). The lowest BCUT2D eigenvalue weighted by Gasteiger charge is -2.10. The Morgan fingerprint density at radius 2 is 1.76 bits per heavy atom. The van der Waals surface area contributed by atoms with Crippen molar-refractivity contribution >= 4 is 11.9 Å². The van der Waals surface area contributed by atoms with Gasteiger partial charge in [0.2, 0.25) is 5.95 Å². The maximum atomic E-state index is 12.4. The number of nitrogens with one attached hydrogen (secondary N) is 2. The Morgan fingerprint density at radius 3 is 2.52 bits per heavy atom. The molecule has 0 saturated carbocycles. The maximum Gasteiger partial charge on any atom is 0.270 e. The predicted molar refractivity (Wildman–Crippen MR) is 111 cm³/mol. The van der Waals surface area contributed by atoms with E-state index in [1.165, 1.54) is 0 Å². The van der Waals surface area contributed by atoms with E-state index in [0.29, 0.717) is 42.7 Å². The van der Waals surface area contributed by atoms with Gasteiger partial charge in [0, 0.05) is 19.3 Å². The molecular weight excluding hydrogens is 368 g/mol. The van der Waals surface area contributed by atoms with Crippen LogP contribution in [-0.4, -0.2) is 36.6 Å². The smallest absolute Gasteiger partial charge is 0.270 e. The molecule has 1 amide bonds. The monoisotopic (exact) mass is 392 g/mol. The van der Waals surface area contributed by atoms with Gasteiger partial charge >= 0.3 is 0 Å². The number of hydrogen-bond donors (Lipinski definition) is 2. The van der Waals surface area contributed by atoms with Crippen molar-refractivity contribution in [3.05, 3.63) is 77.6 Å². The van der Waals surface area contributed by atoms with E-state index in [9.17, 15) is 4.79 Å². The van der Waals surface area contributed by atoms with Crippen LogP contribution in [-0.2, 0) is 13.0 Å². The van der Waals surface area contributed by atoms with Crippen LogP contribution in [0.1, 0.15) is 21.6 Å². The minimum Gasteiger partial charge on any atom is -0.493 e. The van der Waals surface area contributed by atoms with Gasteiger partial charge in [0.25, 0.3) is 5.91 Å². The summed E-state index contributed by atoms with van der Waals surface area (Å²) < 4.78 is 10.5. The third kappa shape index (κ3) is 5.68. The number of carbonyl (C=O) groups excluding carboxylic acids is 1. The average molecular weight is 392 g/mol. The lowest BCUT2D eigenvalue weighted by molar-refractivity contribution is 0.0949. The number of rotatable bonds is 9. The number of nitrogens with zero attached hydrogens (tertiary/aromatic N) is 2. The molecule has 0 spiro atoms. The van der Waals surface area contributed by atoms with E-state index in [-0.39, 0.29) is 5.91 Å². The second-order valence-electron chi connectivity index (χ2n) is 6.30. The topological polar surface area (TPSA) is 85.4 Å². The summed E-state index contributed by atoms with van der Waals surface area (Å²) in [4.78, 5) is 20.9. The molecule has 0 aliphatic rings. The third-order valence-electron chi connectivity index (χ3n) is 4.33. The van der Waals surface area contributed by atoms with Gasteiger partial charge in [-0.25, -0.2) is 9.97 Å². The Balaban J connectivity index is 1.53. The van der Waals surface area contributed by atoms with Crippen LogP contribution in [0.3, 0.4) is 0 Å². The van der Waals surface area contributed by atoms with Crippen LogP contribution >= 0.6 is 0 Å². The van der Waals surface area contributed by atoms with E-state index >= 15 is 0 Å². The molecule has 7 nitrogen and oxygen atoms in total. The lowest BCUT2D eigenvalue weighted by atomic mass is 10.1. The van der Waals surface area contributed by atoms with Crippen molar-refractivity contribution in [3.8, 4) is 11.5 Å². The van der Waals surface area contributed by atoms with E-state index in [0.717, 1.165) is 11.1 Å². The van der Waals surface area contributed by atoms with Crippen LogP contribution in [0.5, 0.6) is 11.5 Å². The quantitative estimate of drug-likeness (QED) is 0.582. The number of carbonyl (C=O) groups is 1. The molecule has 0 fully saturated rings. The van der Waals surface area contributed by atoms with Crippen molar-refractivity contribution in [2.24, 2.45) is 0 Å². The summed E-state index contributed by atoms with van der Waals surface area (Å²) in [5, 5.41) is 6.02. The zero-order valence-corrected chi connectivity index (χ0v) is 16.5. The molecule has 0 aliphatic heterocycles. The van der Waals surface area contributed by atoms with Crippen molar-refractivity contribution in [3.63, 3.8) is 0 Å². The lowest BCUT2D eigenvalue weighted by Crippen LogP contribution is -2.26. The molecule has 7 heteroatoms. The number of amides is 1. The molecule has 1 aromatic heterocycles. The highest BCUT2D eigenvalue weighted by Crippen LogP contribution is 2.27. The Morgan fingerprint density at radius 1 is 0.966 bits per heavy atom. The van der Waals surface area contributed by atoms with Gasteiger partial charge in [-0.2, -0.15) is 0 Å². The van der Waals surface area contributed by atoms with Crippen molar-refractivity contribution in [1.29, 1.82) is 0 Å². The predicted octanol–water partition coefficient (Wildman–Crippen LogP) is 3.08. The SMILES string of the molecule is COc1ccc(CCNC(=O)c2ccnc(NCc3ccccc3)n2)cc1OC. The van der Waals surface area contributed by atoms with E-state index in [1.807, 2.05) is 48.5 Å². The molecule has 29 heavy (non-hydrogen) atoms. The molecule has 0 saturated heterocycles. The Bertz CT molecular complexity index is 948. The molecule has 2 aromatic carbocycles. The number of ether oxygens (including phenoxy) is 2. The first-order valence-corrected chi connectivity index (χ1v) is 9.29. The summed E-state index contributed by atoms with van der Waals surface area (Å²) in [7, 11) is 3.20. The van der Waals surface area contributed by atoms with Crippen LogP contribution in [0.2, 0.25) is 0 Å². The molecule has 0 radical (unpaired) electrons. The van der Waals surface area contributed by atoms with E-state index in [2.05, 4.69) is 20.6 Å². The fraction of sp³-hybridized carbons (Fsp3) is 0.227. The third-order valence-corrected chi connectivity index (χ3v) is 4.33. The number of anilines is 1. The molecule has 0 aliphatic carbocycles. The first kappa shape index (κ1) is 20.1. The Kier molecular flexibility index (Phi) is 7.00. The highest BCUT2D eigenvalue weighted by molar-refractivity contribution is 5.92. The van der Waals surface area contributed by atoms with Gasteiger partial charge in [0.15, 0.2) is 11.5 Å². The van der Waals surface area contributed by atoms with E-state index in [4.69, 9.17) is 9.47 Å². The first-order valence-electron chi connectivity index (χ1n) is 9.29. The molecule has 2 N–H and O–H groups in total. The molecule has 0 bridgehead atoms. The summed E-state index contributed by atoms with van der Waals surface area (Å²) in [5.41, 5.74) is 2.47. The van der Waals surface area contributed by atoms with Gasteiger partial charge in [0.05, 0.1) is 14.2 Å². The summed E-state index contributed by atoms with van der Waals surface area (Å²) in [6.45, 7) is 1.07. The van der Waals surface area contributed by atoms with Gasteiger partial charge in [-0.1, -0.05) is 36.4 Å². The minimum absolute atomic E-state index is 0.240. The van der Waals surface area contributed by atoms with E-state index in [1.54, 1.807) is 26.5 Å². The van der Waals surface area contributed by atoms with Crippen LogP contribution in [0, 0.1) is 0 Å². The molecule has 0 unspecified atom stereocenters. The van der Waals surface area contributed by atoms with Crippen LogP contribution in [0.4, 0.5) is 5.95 Å². The number of aromatic nitrogens is 2. The summed E-state index contributed by atoms with van der Waals surface area (Å²) in [5.74, 6) is 1.52. The Hall–Kier alpha value is -3.61. The largest absolute Gasteiger partial charge is 0.493 e. The fourth-order valence-electron chi connectivity index (χ4n) is 2.79. The van der Waals surface area contributed by atoms with Gasteiger partial charge in [-0.05, 0) is 35.7 Å². The van der Waals surface area contributed by atoms with Crippen molar-refractivity contribution in [1.82, 2.24) is 15.3 Å².